The Labute approximate surface area is 159 Å². The molecule has 1 fully saturated rings. The van der Waals surface area contributed by atoms with Gasteiger partial charge in [-0.3, -0.25) is 4.72 Å². The van der Waals surface area contributed by atoms with Crippen LogP contribution in [0.4, 0.5) is 5.69 Å². The van der Waals surface area contributed by atoms with E-state index in [2.05, 4.69) is 9.71 Å². The van der Waals surface area contributed by atoms with Gasteiger partial charge < -0.3 is 9.31 Å². The van der Waals surface area contributed by atoms with E-state index < -0.39 is 28.3 Å². The molecule has 1 N–H and O–H groups in total. The first-order chi connectivity index (χ1) is 12.0. The maximum absolute atomic E-state index is 12.4. The number of aromatic nitrogens is 1. The van der Waals surface area contributed by atoms with Crippen molar-refractivity contribution in [2.75, 3.05) is 4.72 Å². The highest BCUT2D eigenvalue weighted by molar-refractivity contribution is 7.92. The standard InChI is InChI=1S/C17H20BClN2O4S/c1-16(2)17(3,4)25-18(24-16)12-8-9-14(13(19)11-12)21-26(22,23)15-7-5-6-10-20-15/h5-11,21H,1-4H3. The van der Waals surface area contributed by atoms with Gasteiger partial charge in [-0.05, 0) is 57.4 Å². The fourth-order valence-electron chi connectivity index (χ4n) is 2.44. The van der Waals surface area contributed by atoms with Crippen LogP contribution in [0, 0.1) is 0 Å². The number of nitrogens with zero attached hydrogens (tertiary/aromatic N) is 1. The van der Waals surface area contributed by atoms with Crippen LogP contribution in [0.5, 0.6) is 0 Å². The van der Waals surface area contributed by atoms with Crippen molar-refractivity contribution in [1.29, 1.82) is 0 Å². The highest BCUT2D eigenvalue weighted by Gasteiger charge is 2.51. The Kier molecular flexibility index (Phi) is 4.81. The number of nitrogens with one attached hydrogen (secondary N) is 1. The molecule has 0 spiro atoms. The van der Waals surface area contributed by atoms with E-state index in [0.717, 1.165) is 5.46 Å². The number of rotatable bonds is 4. The van der Waals surface area contributed by atoms with Crippen molar-refractivity contribution in [3.05, 3.63) is 47.6 Å². The molecule has 9 heteroatoms. The molecular formula is C17H20BClN2O4S. The molecule has 1 saturated heterocycles. The van der Waals surface area contributed by atoms with Crippen LogP contribution < -0.4 is 10.2 Å². The lowest BCUT2D eigenvalue weighted by molar-refractivity contribution is 0.00578. The molecule has 0 aliphatic carbocycles. The molecule has 1 aromatic heterocycles. The van der Waals surface area contributed by atoms with Crippen molar-refractivity contribution in [1.82, 2.24) is 4.98 Å². The summed E-state index contributed by atoms with van der Waals surface area (Å²) in [6, 6.07) is 9.61. The SMILES string of the molecule is CC1(C)OB(c2ccc(NS(=O)(=O)c3ccccn3)c(Cl)c2)OC1(C)C. The fourth-order valence-corrected chi connectivity index (χ4v) is 3.76. The van der Waals surface area contributed by atoms with Crippen LogP contribution in [0.1, 0.15) is 27.7 Å². The zero-order valence-corrected chi connectivity index (χ0v) is 16.6. The molecule has 0 unspecified atom stereocenters. The van der Waals surface area contributed by atoms with Crippen molar-refractivity contribution in [2.24, 2.45) is 0 Å². The molecule has 0 radical (unpaired) electrons. The van der Waals surface area contributed by atoms with E-state index >= 15 is 0 Å². The first-order valence-corrected chi connectivity index (χ1v) is 9.97. The highest BCUT2D eigenvalue weighted by atomic mass is 35.5. The Morgan fingerprint density at radius 3 is 2.27 bits per heavy atom. The number of hydrogen-bond acceptors (Lipinski definition) is 5. The second kappa shape index (κ2) is 6.53. The zero-order valence-electron chi connectivity index (χ0n) is 15.0. The van der Waals surface area contributed by atoms with E-state index in [9.17, 15) is 8.42 Å². The lowest BCUT2D eigenvalue weighted by atomic mass is 9.79. The van der Waals surface area contributed by atoms with Gasteiger partial charge in [0.1, 0.15) is 0 Å². The van der Waals surface area contributed by atoms with E-state index in [1.165, 1.54) is 12.3 Å². The smallest absolute Gasteiger partial charge is 0.399 e. The van der Waals surface area contributed by atoms with Gasteiger partial charge in [0, 0.05) is 6.20 Å². The summed E-state index contributed by atoms with van der Waals surface area (Å²) in [6.07, 6.45) is 1.41. The minimum absolute atomic E-state index is 0.0777. The molecule has 6 nitrogen and oxygen atoms in total. The van der Waals surface area contributed by atoms with Gasteiger partial charge >= 0.3 is 7.12 Å². The highest BCUT2D eigenvalue weighted by Crippen LogP contribution is 2.37. The van der Waals surface area contributed by atoms with Gasteiger partial charge in [-0.15, -0.1) is 0 Å². The van der Waals surface area contributed by atoms with Crippen LogP contribution in [0.15, 0.2) is 47.6 Å². The monoisotopic (exact) mass is 394 g/mol. The number of sulfonamides is 1. The van der Waals surface area contributed by atoms with E-state index in [4.69, 9.17) is 20.9 Å². The van der Waals surface area contributed by atoms with Crippen LogP contribution in [0.3, 0.4) is 0 Å². The molecule has 26 heavy (non-hydrogen) atoms. The summed E-state index contributed by atoms with van der Waals surface area (Å²) in [5.74, 6) is 0. The maximum atomic E-state index is 12.4. The minimum Gasteiger partial charge on any atom is -0.399 e. The molecule has 2 aromatic rings. The van der Waals surface area contributed by atoms with Crippen molar-refractivity contribution >= 4 is 39.9 Å². The van der Waals surface area contributed by atoms with Gasteiger partial charge in [-0.1, -0.05) is 23.7 Å². The second-order valence-corrected chi connectivity index (χ2v) is 9.14. The Morgan fingerprint density at radius 1 is 1.08 bits per heavy atom. The summed E-state index contributed by atoms with van der Waals surface area (Å²) in [7, 11) is -4.38. The van der Waals surface area contributed by atoms with Crippen LogP contribution >= 0.6 is 11.6 Å². The molecule has 0 bridgehead atoms. The lowest BCUT2D eigenvalue weighted by Crippen LogP contribution is -2.41. The zero-order chi connectivity index (χ0) is 19.2. The van der Waals surface area contributed by atoms with Crippen molar-refractivity contribution in [2.45, 2.75) is 43.9 Å². The normalized spacial score (nSPS) is 18.7. The van der Waals surface area contributed by atoms with Gasteiger partial charge in [0.05, 0.1) is 21.9 Å². The molecule has 2 heterocycles. The van der Waals surface area contributed by atoms with Gasteiger partial charge in [0.15, 0.2) is 5.03 Å². The average molecular weight is 395 g/mol. The van der Waals surface area contributed by atoms with Gasteiger partial charge in [0.2, 0.25) is 0 Å². The Hall–Kier alpha value is -1.61. The number of halogens is 1. The van der Waals surface area contributed by atoms with Gasteiger partial charge in [-0.2, -0.15) is 8.42 Å². The van der Waals surface area contributed by atoms with Crippen molar-refractivity contribution < 1.29 is 17.7 Å². The first-order valence-electron chi connectivity index (χ1n) is 8.11. The largest absolute Gasteiger partial charge is 0.494 e. The maximum Gasteiger partial charge on any atom is 0.494 e. The molecule has 1 aliphatic heterocycles. The number of hydrogen-bond donors (Lipinski definition) is 1. The van der Waals surface area contributed by atoms with Crippen LogP contribution in [-0.2, 0) is 19.3 Å². The molecule has 0 amide bonds. The second-order valence-electron chi connectivity index (χ2n) is 7.10. The summed E-state index contributed by atoms with van der Waals surface area (Å²) in [5.41, 5.74) is 0.0410. The molecule has 0 atom stereocenters. The summed E-state index contributed by atoms with van der Waals surface area (Å²) >= 11 is 6.29. The number of benzene rings is 1. The summed E-state index contributed by atoms with van der Waals surface area (Å²) < 4.78 is 39.2. The molecule has 138 valence electrons. The van der Waals surface area contributed by atoms with E-state index in [1.54, 1.807) is 30.3 Å². The summed E-state index contributed by atoms with van der Waals surface area (Å²) in [4.78, 5) is 3.86. The van der Waals surface area contributed by atoms with Crippen LogP contribution in [0.25, 0.3) is 0 Å². The molecular weight excluding hydrogens is 375 g/mol. The predicted octanol–water partition coefficient (Wildman–Crippen LogP) is 2.84. The van der Waals surface area contributed by atoms with Gasteiger partial charge in [0.25, 0.3) is 10.0 Å². The Bertz CT molecular complexity index is 904. The predicted molar refractivity (Wildman–Crippen MR) is 102 cm³/mol. The quantitative estimate of drug-likeness (QED) is 0.807. The van der Waals surface area contributed by atoms with E-state index in [-0.39, 0.29) is 15.7 Å². The number of pyridine rings is 1. The van der Waals surface area contributed by atoms with E-state index in [1.807, 2.05) is 27.7 Å². The summed E-state index contributed by atoms with van der Waals surface area (Å²) in [5, 5.41) is 0.169. The Morgan fingerprint density at radius 2 is 1.73 bits per heavy atom. The number of anilines is 1. The van der Waals surface area contributed by atoms with Gasteiger partial charge in [-0.25, -0.2) is 4.98 Å². The lowest BCUT2D eigenvalue weighted by Gasteiger charge is -2.32. The fraction of sp³-hybridized carbons (Fsp3) is 0.353. The third-order valence-electron chi connectivity index (χ3n) is 4.68. The molecule has 1 aliphatic rings. The molecule has 0 saturated carbocycles. The molecule has 3 rings (SSSR count). The average Bonchev–Trinajstić information content (AvgIpc) is 2.78. The summed E-state index contributed by atoms with van der Waals surface area (Å²) in [6.45, 7) is 7.85. The molecule has 1 aromatic carbocycles. The van der Waals surface area contributed by atoms with Crippen LogP contribution in [-0.4, -0.2) is 31.7 Å². The third kappa shape index (κ3) is 3.60. The van der Waals surface area contributed by atoms with Crippen molar-refractivity contribution in [3.8, 4) is 0 Å². The third-order valence-corrected chi connectivity index (χ3v) is 6.27. The minimum atomic E-state index is -3.81. The topological polar surface area (TPSA) is 77.5 Å². The first kappa shape index (κ1) is 19.2. The van der Waals surface area contributed by atoms with Crippen molar-refractivity contribution in [3.63, 3.8) is 0 Å². The van der Waals surface area contributed by atoms with Crippen LogP contribution in [0.2, 0.25) is 5.02 Å². The Balaban J connectivity index is 1.83. The van der Waals surface area contributed by atoms with E-state index in [0.29, 0.717) is 0 Å².